The number of rotatable bonds is 4. The zero-order valence-electron chi connectivity index (χ0n) is 10.2. The lowest BCUT2D eigenvalue weighted by Crippen LogP contribution is -2.27. The van der Waals surface area contributed by atoms with Gasteiger partial charge in [-0.3, -0.25) is 0 Å². The number of pyridine rings is 1. The highest BCUT2D eigenvalue weighted by atomic mass is 32.1. The maximum atomic E-state index is 5.73. The average molecular weight is 249 g/mol. The first-order valence-electron chi connectivity index (χ1n) is 6.14. The molecule has 92 valence electrons. The molecule has 1 aromatic rings. The minimum Gasteiger partial charge on any atom is -0.389 e. The fraction of sp³-hybridized carbons (Fsp3) is 0.538. The zero-order chi connectivity index (χ0) is 12.3. The van der Waals surface area contributed by atoms with Crippen LogP contribution in [-0.4, -0.2) is 23.6 Å². The monoisotopic (exact) mass is 249 g/mol. The molecule has 4 heteroatoms. The SMILES string of the molecule is CN(CC1CCCC1)c1ncccc1C(N)=S. The van der Waals surface area contributed by atoms with Gasteiger partial charge in [-0.2, -0.15) is 0 Å². The van der Waals surface area contributed by atoms with E-state index >= 15 is 0 Å². The van der Waals surface area contributed by atoms with E-state index in [1.807, 2.05) is 12.1 Å². The molecular formula is C13H19N3S. The van der Waals surface area contributed by atoms with E-state index < -0.39 is 0 Å². The standard InChI is InChI=1S/C13H19N3S/c1-16(9-10-5-2-3-6-10)13-11(12(14)17)7-4-8-15-13/h4,7-8,10H,2-3,5-6,9H2,1H3,(H2,14,17). The van der Waals surface area contributed by atoms with Crippen LogP contribution >= 0.6 is 12.2 Å². The van der Waals surface area contributed by atoms with Gasteiger partial charge in [0.25, 0.3) is 0 Å². The van der Waals surface area contributed by atoms with E-state index in [1.165, 1.54) is 25.7 Å². The van der Waals surface area contributed by atoms with Crippen LogP contribution in [0, 0.1) is 5.92 Å². The van der Waals surface area contributed by atoms with Crippen molar-refractivity contribution in [2.75, 3.05) is 18.5 Å². The molecule has 0 saturated heterocycles. The molecule has 0 aliphatic heterocycles. The Hall–Kier alpha value is -1.16. The van der Waals surface area contributed by atoms with Gasteiger partial charge in [0.05, 0.1) is 5.56 Å². The van der Waals surface area contributed by atoms with Crippen molar-refractivity contribution in [3.8, 4) is 0 Å². The topological polar surface area (TPSA) is 42.2 Å². The number of nitrogens with two attached hydrogens (primary N) is 1. The maximum absolute atomic E-state index is 5.73. The van der Waals surface area contributed by atoms with Crippen LogP contribution in [0.5, 0.6) is 0 Å². The third-order valence-electron chi connectivity index (χ3n) is 3.42. The van der Waals surface area contributed by atoms with Crippen molar-refractivity contribution in [2.45, 2.75) is 25.7 Å². The van der Waals surface area contributed by atoms with Gasteiger partial charge in [-0.05, 0) is 30.9 Å². The van der Waals surface area contributed by atoms with Gasteiger partial charge in [0.2, 0.25) is 0 Å². The van der Waals surface area contributed by atoms with Gasteiger partial charge in [-0.25, -0.2) is 4.98 Å². The highest BCUT2D eigenvalue weighted by Crippen LogP contribution is 2.27. The molecule has 0 unspecified atom stereocenters. The third-order valence-corrected chi connectivity index (χ3v) is 3.64. The number of aromatic nitrogens is 1. The Kier molecular flexibility index (Phi) is 3.94. The second kappa shape index (κ2) is 5.45. The molecule has 3 nitrogen and oxygen atoms in total. The molecule has 1 fully saturated rings. The zero-order valence-corrected chi connectivity index (χ0v) is 11.0. The van der Waals surface area contributed by atoms with Gasteiger partial charge in [-0.15, -0.1) is 0 Å². The minimum absolute atomic E-state index is 0.423. The number of hydrogen-bond acceptors (Lipinski definition) is 3. The Morgan fingerprint density at radius 3 is 2.88 bits per heavy atom. The molecule has 1 saturated carbocycles. The van der Waals surface area contributed by atoms with E-state index in [-0.39, 0.29) is 0 Å². The van der Waals surface area contributed by atoms with Crippen LogP contribution in [0.15, 0.2) is 18.3 Å². The van der Waals surface area contributed by atoms with E-state index in [9.17, 15) is 0 Å². The minimum atomic E-state index is 0.423. The molecule has 1 aliphatic carbocycles. The summed E-state index contributed by atoms with van der Waals surface area (Å²) in [5.74, 6) is 1.70. The summed E-state index contributed by atoms with van der Waals surface area (Å²) in [5.41, 5.74) is 6.60. The first kappa shape index (κ1) is 12.3. The average Bonchev–Trinajstić information content (AvgIpc) is 2.81. The smallest absolute Gasteiger partial charge is 0.138 e. The van der Waals surface area contributed by atoms with Crippen molar-refractivity contribution < 1.29 is 0 Å². The lowest BCUT2D eigenvalue weighted by molar-refractivity contribution is 0.545. The molecule has 0 spiro atoms. The molecule has 2 rings (SSSR count). The number of thiocarbonyl (C=S) groups is 1. The summed E-state index contributed by atoms with van der Waals surface area (Å²) < 4.78 is 0. The van der Waals surface area contributed by atoms with Crippen LogP contribution in [-0.2, 0) is 0 Å². The second-order valence-corrected chi connectivity index (χ2v) is 5.21. The Morgan fingerprint density at radius 2 is 2.24 bits per heavy atom. The molecule has 17 heavy (non-hydrogen) atoms. The van der Waals surface area contributed by atoms with Crippen LogP contribution in [0.25, 0.3) is 0 Å². The molecule has 0 radical (unpaired) electrons. The van der Waals surface area contributed by atoms with Crippen LogP contribution in [0.4, 0.5) is 5.82 Å². The molecule has 0 amide bonds. The largest absolute Gasteiger partial charge is 0.389 e. The number of hydrogen-bond donors (Lipinski definition) is 1. The first-order chi connectivity index (χ1) is 8.18. The Bertz CT molecular complexity index is 399. The van der Waals surface area contributed by atoms with Crippen molar-refractivity contribution in [1.29, 1.82) is 0 Å². The maximum Gasteiger partial charge on any atom is 0.138 e. The van der Waals surface area contributed by atoms with E-state index in [4.69, 9.17) is 18.0 Å². The molecule has 1 aromatic heterocycles. The third kappa shape index (κ3) is 2.94. The van der Waals surface area contributed by atoms with Gasteiger partial charge < -0.3 is 10.6 Å². The van der Waals surface area contributed by atoms with Gasteiger partial charge in [-0.1, -0.05) is 25.1 Å². The first-order valence-corrected chi connectivity index (χ1v) is 6.55. The number of nitrogens with zero attached hydrogens (tertiary/aromatic N) is 2. The van der Waals surface area contributed by atoms with E-state index in [2.05, 4.69) is 16.9 Å². The Balaban J connectivity index is 2.12. The second-order valence-electron chi connectivity index (χ2n) is 4.77. The van der Waals surface area contributed by atoms with Crippen molar-refractivity contribution in [1.82, 2.24) is 4.98 Å². The van der Waals surface area contributed by atoms with Gasteiger partial charge in [0, 0.05) is 19.8 Å². The molecule has 1 heterocycles. The fourth-order valence-electron chi connectivity index (χ4n) is 2.56. The van der Waals surface area contributed by atoms with Crippen LogP contribution < -0.4 is 10.6 Å². The summed E-state index contributed by atoms with van der Waals surface area (Å²) in [7, 11) is 2.07. The van der Waals surface area contributed by atoms with E-state index in [0.29, 0.717) is 4.99 Å². The lowest BCUT2D eigenvalue weighted by Gasteiger charge is -2.23. The van der Waals surface area contributed by atoms with Crippen LogP contribution in [0.2, 0.25) is 0 Å². The summed E-state index contributed by atoms with van der Waals surface area (Å²) in [6.45, 7) is 1.05. The van der Waals surface area contributed by atoms with E-state index in [0.717, 1.165) is 23.8 Å². The Labute approximate surface area is 108 Å². The van der Waals surface area contributed by atoms with E-state index in [1.54, 1.807) is 6.20 Å². The molecule has 2 N–H and O–H groups in total. The molecule has 0 aromatic carbocycles. The molecular weight excluding hydrogens is 230 g/mol. The molecule has 0 atom stereocenters. The quantitative estimate of drug-likeness (QED) is 0.832. The normalized spacial score (nSPS) is 16.1. The van der Waals surface area contributed by atoms with Gasteiger partial charge in [0.15, 0.2) is 0 Å². The summed E-state index contributed by atoms with van der Waals surface area (Å²) in [6, 6.07) is 3.82. The van der Waals surface area contributed by atoms with Crippen molar-refractivity contribution in [3.05, 3.63) is 23.9 Å². The van der Waals surface area contributed by atoms with Crippen molar-refractivity contribution in [3.63, 3.8) is 0 Å². The highest BCUT2D eigenvalue weighted by Gasteiger charge is 2.19. The predicted octanol–water partition coefficient (Wildman–Crippen LogP) is 2.34. The van der Waals surface area contributed by atoms with Crippen molar-refractivity contribution >= 4 is 23.0 Å². The highest BCUT2D eigenvalue weighted by molar-refractivity contribution is 7.80. The number of anilines is 1. The Morgan fingerprint density at radius 1 is 1.53 bits per heavy atom. The predicted molar refractivity (Wildman–Crippen MR) is 75.4 cm³/mol. The van der Waals surface area contributed by atoms with Gasteiger partial charge in [0.1, 0.15) is 10.8 Å². The van der Waals surface area contributed by atoms with Crippen molar-refractivity contribution in [2.24, 2.45) is 11.7 Å². The summed E-state index contributed by atoms with van der Waals surface area (Å²) in [5, 5.41) is 0. The summed E-state index contributed by atoms with van der Waals surface area (Å²) >= 11 is 5.06. The molecule has 1 aliphatic rings. The van der Waals surface area contributed by atoms with Crippen LogP contribution in [0.1, 0.15) is 31.2 Å². The summed E-state index contributed by atoms with van der Waals surface area (Å²) in [6.07, 6.45) is 7.19. The van der Waals surface area contributed by atoms with Crippen LogP contribution in [0.3, 0.4) is 0 Å². The lowest BCUT2D eigenvalue weighted by atomic mass is 10.1. The fourth-order valence-corrected chi connectivity index (χ4v) is 2.72. The summed E-state index contributed by atoms with van der Waals surface area (Å²) in [4.78, 5) is 7.01. The van der Waals surface area contributed by atoms with Gasteiger partial charge >= 0.3 is 0 Å². The molecule has 0 bridgehead atoms.